The van der Waals surface area contributed by atoms with E-state index in [0.717, 1.165) is 30.8 Å². The van der Waals surface area contributed by atoms with E-state index in [1.807, 2.05) is 24.3 Å². The first-order valence-electron chi connectivity index (χ1n) is 5.75. The molecule has 1 aromatic rings. The lowest BCUT2D eigenvalue weighted by Crippen LogP contribution is -2.12. The van der Waals surface area contributed by atoms with E-state index < -0.39 is 0 Å². The van der Waals surface area contributed by atoms with E-state index in [1.54, 1.807) is 6.21 Å². The molecule has 0 aliphatic carbocycles. The summed E-state index contributed by atoms with van der Waals surface area (Å²) in [7, 11) is 0. The molecule has 0 saturated heterocycles. The molecule has 0 aliphatic rings. The van der Waals surface area contributed by atoms with Crippen molar-refractivity contribution in [2.45, 2.75) is 26.7 Å². The van der Waals surface area contributed by atoms with Crippen LogP contribution in [0.5, 0.6) is 5.75 Å². The fourth-order valence-corrected chi connectivity index (χ4v) is 1.18. The number of hydrogen-bond donors (Lipinski definition) is 1. The summed E-state index contributed by atoms with van der Waals surface area (Å²) in [6.07, 6.45) is 3.78. The Morgan fingerprint density at radius 2 is 2.12 bits per heavy atom. The lowest BCUT2D eigenvalue weighted by atomic mass is 10.2. The third-order valence-electron chi connectivity index (χ3n) is 2.08. The fraction of sp³-hybridized carbons (Fsp3) is 0.385. The zero-order chi connectivity index (χ0) is 12.5. The van der Waals surface area contributed by atoms with Crippen molar-refractivity contribution >= 4 is 12.1 Å². The van der Waals surface area contributed by atoms with E-state index >= 15 is 0 Å². The number of unbranched alkanes of at least 4 members (excludes halogenated alkanes) is 1. The third-order valence-corrected chi connectivity index (χ3v) is 2.08. The van der Waals surface area contributed by atoms with Crippen LogP contribution < -0.4 is 10.2 Å². The summed E-state index contributed by atoms with van der Waals surface area (Å²) >= 11 is 0. The molecule has 0 saturated carbocycles. The molecule has 0 aliphatic heterocycles. The van der Waals surface area contributed by atoms with Gasteiger partial charge < -0.3 is 4.74 Å². The maximum Gasteiger partial charge on any atom is 0.236 e. The first-order valence-corrected chi connectivity index (χ1v) is 5.75. The predicted octanol–water partition coefficient (Wildman–Crippen LogP) is 2.34. The fourth-order valence-electron chi connectivity index (χ4n) is 1.18. The Morgan fingerprint density at radius 1 is 1.41 bits per heavy atom. The molecule has 0 spiro atoms. The van der Waals surface area contributed by atoms with Gasteiger partial charge in [-0.25, -0.2) is 5.43 Å². The minimum atomic E-state index is -0.180. The van der Waals surface area contributed by atoms with E-state index in [9.17, 15) is 4.79 Å². The number of hydrazone groups is 1. The van der Waals surface area contributed by atoms with E-state index in [0.29, 0.717) is 0 Å². The highest BCUT2D eigenvalue weighted by Crippen LogP contribution is 2.11. The van der Waals surface area contributed by atoms with Gasteiger partial charge in [0, 0.05) is 6.92 Å². The summed E-state index contributed by atoms with van der Waals surface area (Å²) < 4.78 is 5.53. The van der Waals surface area contributed by atoms with Gasteiger partial charge in [-0.05, 0) is 36.2 Å². The third kappa shape index (κ3) is 5.70. The van der Waals surface area contributed by atoms with Crippen LogP contribution >= 0.6 is 0 Å². The minimum Gasteiger partial charge on any atom is -0.494 e. The highest BCUT2D eigenvalue weighted by Gasteiger charge is 1.93. The highest BCUT2D eigenvalue weighted by atomic mass is 16.5. The van der Waals surface area contributed by atoms with E-state index in [-0.39, 0.29) is 5.91 Å². The molecular formula is C13H18N2O2. The summed E-state index contributed by atoms with van der Waals surface area (Å²) in [5.41, 5.74) is 3.27. The predicted molar refractivity (Wildman–Crippen MR) is 68.3 cm³/mol. The van der Waals surface area contributed by atoms with Gasteiger partial charge in [-0.1, -0.05) is 13.3 Å². The number of ether oxygens (including phenoxy) is 1. The first kappa shape index (κ1) is 13.2. The summed E-state index contributed by atoms with van der Waals surface area (Å²) in [5.74, 6) is 0.677. The lowest BCUT2D eigenvalue weighted by Gasteiger charge is -2.04. The van der Waals surface area contributed by atoms with Crippen LogP contribution in [0.15, 0.2) is 29.4 Å². The van der Waals surface area contributed by atoms with Gasteiger partial charge in [0.05, 0.1) is 12.8 Å². The van der Waals surface area contributed by atoms with Gasteiger partial charge in [-0.2, -0.15) is 5.10 Å². The van der Waals surface area contributed by atoms with Crippen LogP contribution in [0.1, 0.15) is 32.3 Å². The quantitative estimate of drug-likeness (QED) is 0.466. The highest BCUT2D eigenvalue weighted by molar-refractivity contribution is 5.81. The number of nitrogens with one attached hydrogen (secondary N) is 1. The summed E-state index contributed by atoms with van der Waals surface area (Å²) in [6, 6.07) is 7.58. The molecule has 0 unspecified atom stereocenters. The van der Waals surface area contributed by atoms with Gasteiger partial charge >= 0.3 is 0 Å². The SMILES string of the molecule is CCCCOc1ccc(/C=N/NC(C)=O)cc1. The molecular weight excluding hydrogens is 216 g/mol. The number of carbonyl (C=O) groups is 1. The van der Waals surface area contributed by atoms with Gasteiger partial charge in [0.1, 0.15) is 5.75 Å². The molecule has 0 atom stereocenters. The Kier molecular flexibility index (Phi) is 5.79. The standard InChI is InChI=1S/C13H18N2O2/c1-3-4-9-17-13-7-5-12(6-8-13)10-14-15-11(2)16/h5-8,10H,3-4,9H2,1-2H3,(H,15,16)/b14-10+. The second-order valence-electron chi connectivity index (χ2n) is 3.70. The van der Waals surface area contributed by atoms with Crippen molar-refractivity contribution in [2.24, 2.45) is 5.10 Å². The van der Waals surface area contributed by atoms with Crippen LogP contribution in [0.25, 0.3) is 0 Å². The minimum absolute atomic E-state index is 0.180. The van der Waals surface area contributed by atoms with Crippen LogP contribution in [-0.4, -0.2) is 18.7 Å². The van der Waals surface area contributed by atoms with Gasteiger partial charge in [0.15, 0.2) is 0 Å². The van der Waals surface area contributed by atoms with Crippen molar-refractivity contribution in [1.29, 1.82) is 0 Å². The molecule has 4 nitrogen and oxygen atoms in total. The molecule has 0 radical (unpaired) electrons. The molecule has 0 aromatic heterocycles. The smallest absolute Gasteiger partial charge is 0.236 e. The van der Waals surface area contributed by atoms with Gasteiger partial charge in [0.2, 0.25) is 5.91 Å². The van der Waals surface area contributed by atoms with Crippen molar-refractivity contribution in [2.75, 3.05) is 6.61 Å². The monoisotopic (exact) mass is 234 g/mol. The van der Waals surface area contributed by atoms with Gasteiger partial charge in [-0.15, -0.1) is 0 Å². The lowest BCUT2D eigenvalue weighted by molar-refractivity contribution is -0.118. The van der Waals surface area contributed by atoms with Crippen LogP contribution in [0.4, 0.5) is 0 Å². The van der Waals surface area contributed by atoms with Crippen molar-refractivity contribution in [1.82, 2.24) is 5.43 Å². The molecule has 0 fully saturated rings. The number of nitrogens with zero attached hydrogens (tertiary/aromatic N) is 1. The van der Waals surface area contributed by atoms with Crippen LogP contribution in [0.3, 0.4) is 0 Å². The average Bonchev–Trinajstić information content (AvgIpc) is 2.31. The van der Waals surface area contributed by atoms with Gasteiger partial charge in [-0.3, -0.25) is 4.79 Å². The maximum atomic E-state index is 10.6. The zero-order valence-electron chi connectivity index (χ0n) is 10.3. The summed E-state index contributed by atoms with van der Waals surface area (Å²) in [5, 5.41) is 3.78. The molecule has 17 heavy (non-hydrogen) atoms. The molecule has 1 aromatic carbocycles. The number of hydrogen-bond acceptors (Lipinski definition) is 3. The molecule has 4 heteroatoms. The Balaban J connectivity index is 2.44. The van der Waals surface area contributed by atoms with Crippen molar-refractivity contribution < 1.29 is 9.53 Å². The van der Waals surface area contributed by atoms with Gasteiger partial charge in [0.25, 0.3) is 0 Å². The second kappa shape index (κ2) is 7.44. The van der Waals surface area contributed by atoms with E-state index in [4.69, 9.17) is 4.74 Å². The van der Waals surface area contributed by atoms with Crippen molar-refractivity contribution in [3.05, 3.63) is 29.8 Å². The molecule has 0 heterocycles. The van der Waals surface area contributed by atoms with Crippen LogP contribution in [0.2, 0.25) is 0 Å². The molecule has 1 N–H and O–H groups in total. The van der Waals surface area contributed by atoms with Crippen molar-refractivity contribution in [3.63, 3.8) is 0 Å². The summed E-state index contributed by atoms with van der Waals surface area (Å²) in [4.78, 5) is 10.6. The Hall–Kier alpha value is -1.84. The van der Waals surface area contributed by atoms with Crippen LogP contribution in [0, 0.1) is 0 Å². The van der Waals surface area contributed by atoms with Crippen molar-refractivity contribution in [3.8, 4) is 5.75 Å². The summed E-state index contributed by atoms with van der Waals surface area (Å²) in [6.45, 7) is 4.29. The van der Waals surface area contributed by atoms with Crippen LogP contribution in [-0.2, 0) is 4.79 Å². The maximum absolute atomic E-state index is 10.6. The number of benzene rings is 1. The number of carbonyl (C=O) groups excluding carboxylic acids is 1. The Labute approximate surface area is 102 Å². The topological polar surface area (TPSA) is 50.7 Å². The normalized spacial score (nSPS) is 10.5. The molecule has 1 rings (SSSR count). The largest absolute Gasteiger partial charge is 0.494 e. The molecule has 0 bridgehead atoms. The van der Waals surface area contributed by atoms with E-state index in [1.165, 1.54) is 6.92 Å². The average molecular weight is 234 g/mol. The Morgan fingerprint density at radius 3 is 2.71 bits per heavy atom. The first-order chi connectivity index (χ1) is 8.22. The molecule has 1 amide bonds. The van der Waals surface area contributed by atoms with E-state index in [2.05, 4.69) is 17.5 Å². The number of amides is 1. The zero-order valence-corrected chi connectivity index (χ0v) is 10.3. The molecule has 92 valence electrons. The number of rotatable bonds is 6. The second-order valence-corrected chi connectivity index (χ2v) is 3.70. The Bertz CT molecular complexity index is 372.